The summed E-state index contributed by atoms with van der Waals surface area (Å²) in [6.45, 7) is 2.08. The van der Waals surface area contributed by atoms with Crippen molar-refractivity contribution in [1.82, 2.24) is 0 Å². The summed E-state index contributed by atoms with van der Waals surface area (Å²) in [5.74, 6) is 2.61. The van der Waals surface area contributed by atoms with Crippen LogP contribution in [0.1, 0.15) is 29.7 Å². The van der Waals surface area contributed by atoms with Gasteiger partial charge in [0.25, 0.3) is 0 Å². The van der Waals surface area contributed by atoms with E-state index in [9.17, 15) is 5.11 Å². The Morgan fingerprint density at radius 2 is 1.57 bits per heavy atom. The van der Waals surface area contributed by atoms with Crippen LogP contribution in [0.3, 0.4) is 0 Å². The van der Waals surface area contributed by atoms with Gasteiger partial charge in [-0.15, -0.1) is 0 Å². The molecule has 0 saturated carbocycles. The first-order valence-corrected chi connectivity index (χ1v) is 9.10. The van der Waals surface area contributed by atoms with Gasteiger partial charge < -0.3 is 19.3 Å². The number of aromatic hydroxyl groups is 1. The molecule has 28 heavy (non-hydrogen) atoms. The molecule has 3 aromatic carbocycles. The van der Waals surface area contributed by atoms with Gasteiger partial charge in [-0.1, -0.05) is 24.3 Å². The van der Waals surface area contributed by atoms with Crippen LogP contribution in [0, 0.1) is 0 Å². The van der Waals surface area contributed by atoms with Gasteiger partial charge in [-0.2, -0.15) is 0 Å². The molecule has 3 aromatic rings. The zero-order valence-electron chi connectivity index (χ0n) is 16.1. The predicted octanol–water partition coefficient (Wildman–Crippen LogP) is 5.47. The highest BCUT2D eigenvalue weighted by molar-refractivity contribution is 5.95. The highest BCUT2D eigenvalue weighted by Crippen LogP contribution is 2.47. The molecule has 0 amide bonds. The maximum atomic E-state index is 10.0. The van der Waals surface area contributed by atoms with Crippen molar-refractivity contribution in [3.05, 3.63) is 83.4 Å². The van der Waals surface area contributed by atoms with Crippen molar-refractivity contribution in [1.29, 1.82) is 0 Å². The number of ether oxygens (including phenoxy) is 3. The topological polar surface area (TPSA) is 47.9 Å². The summed E-state index contributed by atoms with van der Waals surface area (Å²) in [4.78, 5) is 0. The largest absolute Gasteiger partial charge is 0.508 e. The van der Waals surface area contributed by atoms with Crippen LogP contribution >= 0.6 is 0 Å². The summed E-state index contributed by atoms with van der Waals surface area (Å²) in [6.07, 6.45) is -0.298. The van der Waals surface area contributed by atoms with E-state index in [0.29, 0.717) is 0 Å². The van der Waals surface area contributed by atoms with E-state index < -0.39 is 0 Å². The molecule has 0 fully saturated rings. The van der Waals surface area contributed by atoms with Crippen LogP contribution in [0.5, 0.6) is 23.0 Å². The molecule has 0 saturated heterocycles. The minimum absolute atomic E-state index is 0.225. The van der Waals surface area contributed by atoms with Crippen LogP contribution in [-0.4, -0.2) is 19.3 Å². The van der Waals surface area contributed by atoms with Gasteiger partial charge in [0, 0.05) is 11.1 Å². The van der Waals surface area contributed by atoms with Gasteiger partial charge in [-0.25, -0.2) is 0 Å². The molecule has 0 radical (unpaired) electrons. The van der Waals surface area contributed by atoms with Crippen LogP contribution in [-0.2, 0) is 0 Å². The predicted molar refractivity (Wildman–Crippen MR) is 110 cm³/mol. The molecule has 0 spiro atoms. The van der Waals surface area contributed by atoms with Crippen LogP contribution < -0.4 is 14.2 Å². The minimum Gasteiger partial charge on any atom is -0.508 e. The molecule has 4 heteroatoms. The maximum absolute atomic E-state index is 10.0. The Balaban J connectivity index is 1.91. The third kappa shape index (κ3) is 3.18. The fourth-order valence-corrected chi connectivity index (χ4v) is 3.61. The molecule has 1 aliphatic heterocycles. The Labute approximate surface area is 164 Å². The van der Waals surface area contributed by atoms with Gasteiger partial charge in [-0.05, 0) is 66.1 Å². The lowest BCUT2D eigenvalue weighted by atomic mass is 9.86. The molecule has 0 aliphatic carbocycles. The van der Waals surface area contributed by atoms with E-state index in [-0.39, 0.29) is 11.9 Å². The molecule has 4 rings (SSSR count). The van der Waals surface area contributed by atoms with Crippen molar-refractivity contribution in [3.63, 3.8) is 0 Å². The Hall–Kier alpha value is -3.40. The lowest BCUT2D eigenvalue weighted by Gasteiger charge is -2.31. The molecule has 1 heterocycles. The van der Waals surface area contributed by atoms with Crippen LogP contribution in [0.4, 0.5) is 0 Å². The number of phenolic OH excluding ortho intramolecular Hbond substituents is 1. The average Bonchev–Trinajstić information content (AvgIpc) is 2.73. The van der Waals surface area contributed by atoms with E-state index in [1.54, 1.807) is 26.4 Å². The van der Waals surface area contributed by atoms with E-state index in [4.69, 9.17) is 14.2 Å². The molecular formula is C24H22O4. The number of fused-ring (bicyclic) bond motifs is 1. The molecule has 4 nitrogen and oxygen atoms in total. The first kappa shape index (κ1) is 18.0. The SMILES string of the molecule is COc1ccc(C2Oc3ccc(OC)cc3C(C)=C2c2cccc(O)c2)cc1. The molecule has 1 aliphatic rings. The van der Waals surface area contributed by atoms with Crippen molar-refractivity contribution >= 4 is 11.1 Å². The molecule has 1 unspecified atom stereocenters. The number of allylic oxidation sites excluding steroid dienone is 1. The first-order valence-electron chi connectivity index (χ1n) is 9.10. The van der Waals surface area contributed by atoms with Crippen LogP contribution in [0.2, 0.25) is 0 Å². The van der Waals surface area contributed by atoms with Gasteiger partial charge >= 0.3 is 0 Å². The first-order chi connectivity index (χ1) is 13.6. The fraction of sp³-hybridized carbons (Fsp3) is 0.167. The monoisotopic (exact) mass is 374 g/mol. The van der Waals surface area contributed by atoms with Gasteiger partial charge in [0.15, 0.2) is 0 Å². The van der Waals surface area contributed by atoms with Crippen molar-refractivity contribution in [3.8, 4) is 23.0 Å². The molecule has 0 aromatic heterocycles. The number of phenols is 1. The average molecular weight is 374 g/mol. The Kier molecular flexibility index (Phi) is 4.70. The lowest BCUT2D eigenvalue weighted by Crippen LogP contribution is -2.16. The third-order valence-electron chi connectivity index (χ3n) is 5.08. The second kappa shape index (κ2) is 7.31. The standard InChI is InChI=1S/C24H22O4/c1-15-21-14-20(27-3)11-12-22(21)28-24(16-7-9-19(26-2)10-8-16)23(15)17-5-4-6-18(25)13-17/h4-14,24-25H,1-3H3. The summed E-state index contributed by atoms with van der Waals surface area (Å²) in [6, 6.07) is 21.0. The Morgan fingerprint density at radius 3 is 2.25 bits per heavy atom. The zero-order chi connectivity index (χ0) is 19.7. The van der Waals surface area contributed by atoms with E-state index in [2.05, 4.69) is 6.92 Å². The zero-order valence-corrected chi connectivity index (χ0v) is 16.1. The second-order valence-corrected chi connectivity index (χ2v) is 6.72. The van der Waals surface area contributed by atoms with E-state index >= 15 is 0 Å². The number of methoxy groups -OCH3 is 2. The van der Waals surface area contributed by atoms with Crippen LogP contribution in [0.15, 0.2) is 66.7 Å². The Bertz CT molecular complexity index is 1030. The smallest absolute Gasteiger partial charge is 0.150 e. The normalized spacial score (nSPS) is 15.6. The highest BCUT2D eigenvalue weighted by atomic mass is 16.5. The minimum atomic E-state index is -0.298. The maximum Gasteiger partial charge on any atom is 0.150 e. The highest BCUT2D eigenvalue weighted by Gasteiger charge is 2.29. The van der Waals surface area contributed by atoms with Crippen molar-refractivity contribution in [2.45, 2.75) is 13.0 Å². The summed E-state index contributed by atoms with van der Waals surface area (Å²) >= 11 is 0. The second-order valence-electron chi connectivity index (χ2n) is 6.72. The molecule has 1 N–H and O–H groups in total. The van der Waals surface area contributed by atoms with Crippen LogP contribution in [0.25, 0.3) is 11.1 Å². The fourth-order valence-electron chi connectivity index (χ4n) is 3.61. The van der Waals surface area contributed by atoms with Gasteiger partial charge in [0.05, 0.1) is 14.2 Å². The third-order valence-corrected chi connectivity index (χ3v) is 5.08. The van der Waals surface area contributed by atoms with Gasteiger partial charge in [-0.3, -0.25) is 0 Å². The quantitative estimate of drug-likeness (QED) is 0.657. The number of benzene rings is 3. The molecular weight excluding hydrogens is 352 g/mol. The molecule has 0 bridgehead atoms. The van der Waals surface area contributed by atoms with Gasteiger partial charge in [0.2, 0.25) is 0 Å². The van der Waals surface area contributed by atoms with E-state index in [1.165, 1.54) is 0 Å². The molecule has 142 valence electrons. The molecule has 1 atom stereocenters. The van der Waals surface area contributed by atoms with Crippen molar-refractivity contribution in [2.75, 3.05) is 14.2 Å². The number of hydrogen-bond donors (Lipinski definition) is 1. The summed E-state index contributed by atoms with van der Waals surface area (Å²) in [5.41, 5.74) is 5.03. The Morgan fingerprint density at radius 1 is 0.857 bits per heavy atom. The number of hydrogen-bond acceptors (Lipinski definition) is 4. The lowest BCUT2D eigenvalue weighted by molar-refractivity contribution is 0.259. The summed E-state index contributed by atoms with van der Waals surface area (Å²) in [5, 5.41) is 10.0. The van der Waals surface area contributed by atoms with Crippen molar-refractivity contribution in [2.24, 2.45) is 0 Å². The van der Waals surface area contributed by atoms with E-state index in [0.717, 1.165) is 45.1 Å². The number of rotatable bonds is 4. The van der Waals surface area contributed by atoms with Gasteiger partial charge in [0.1, 0.15) is 29.1 Å². The summed E-state index contributed by atoms with van der Waals surface area (Å²) in [7, 11) is 3.30. The summed E-state index contributed by atoms with van der Waals surface area (Å²) < 4.78 is 17.1. The van der Waals surface area contributed by atoms with Crippen molar-refractivity contribution < 1.29 is 19.3 Å². The van der Waals surface area contributed by atoms with E-state index in [1.807, 2.05) is 54.6 Å².